The molecule has 2 N–H and O–H groups in total. The Kier molecular flexibility index (Phi) is 8.31. The summed E-state index contributed by atoms with van der Waals surface area (Å²) in [7, 11) is 0. The molecule has 38 heavy (non-hydrogen) atoms. The summed E-state index contributed by atoms with van der Waals surface area (Å²) in [6.45, 7) is 5.07. The lowest BCUT2D eigenvalue weighted by Gasteiger charge is -2.22. The topological polar surface area (TPSA) is 103 Å². The standard InChI is InChI=1S/C30H32N2O6/c1-30(2,3)38-28(34)31-17-26(27(33)36-18-20-11-5-4-6-12-20)32-29(35)37-19-25-23-15-9-7-13-21(23)22-14-8-10-16-24(22)25/h4-16,25-26H,17-19H2,1-3H3,(H,31,34)(H,32,35)/t26-/m0/s1. The summed E-state index contributed by atoms with van der Waals surface area (Å²) >= 11 is 0. The fraction of sp³-hybridized carbons (Fsp3) is 0.300. The van der Waals surface area contributed by atoms with Crippen LogP contribution in [0.1, 0.15) is 43.4 Å². The average Bonchev–Trinajstić information content (AvgIpc) is 3.21. The van der Waals surface area contributed by atoms with E-state index in [9.17, 15) is 14.4 Å². The number of rotatable bonds is 8. The molecule has 0 heterocycles. The molecule has 4 rings (SSSR count). The van der Waals surface area contributed by atoms with Crippen LogP contribution in [0.25, 0.3) is 11.1 Å². The smallest absolute Gasteiger partial charge is 0.407 e. The highest BCUT2D eigenvalue weighted by Crippen LogP contribution is 2.44. The molecule has 0 fully saturated rings. The molecule has 0 aliphatic heterocycles. The third kappa shape index (κ3) is 6.91. The van der Waals surface area contributed by atoms with E-state index in [1.54, 1.807) is 20.8 Å². The predicted molar refractivity (Wildman–Crippen MR) is 142 cm³/mol. The molecule has 0 bridgehead atoms. The van der Waals surface area contributed by atoms with Crippen molar-refractivity contribution in [1.82, 2.24) is 10.6 Å². The molecule has 3 aromatic rings. The molecule has 0 saturated carbocycles. The minimum absolute atomic E-state index is 0.0228. The minimum Gasteiger partial charge on any atom is -0.459 e. The second-order valence-corrected chi connectivity index (χ2v) is 10.00. The molecule has 198 valence electrons. The van der Waals surface area contributed by atoms with Gasteiger partial charge in [-0.25, -0.2) is 14.4 Å². The summed E-state index contributed by atoms with van der Waals surface area (Å²) in [6.07, 6.45) is -1.51. The Morgan fingerprint density at radius 1 is 0.789 bits per heavy atom. The highest BCUT2D eigenvalue weighted by atomic mass is 16.6. The Morgan fingerprint density at radius 3 is 1.97 bits per heavy atom. The van der Waals surface area contributed by atoms with Gasteiger partial charge in [-0.3, -0.25) is 0 Å². The number of amides is 2. The number of carbonyl (C=O) groups is 3. The van der Waals surface area contributed by atoms with Gasteiger partial charge in [-0.2, -0.15) is 0 Å². The molecule has 0 unspecified atom stereocenters. The van der Waals surface area contributed by atoms with E-state index in [0.717, 1.165) is 27.8 Å². The van der Waals surface area contributed by atoms with Crippen LogP contribution in [0.15, 0.2) is 78.9 Å². The van der Waals surface area contributed by atoms with Crippen LogP contribution in [-0.2, 0) is 25.6 Å². The average molecular weight is 517 g/mol. The summed E-state index contributed by atoms with van der Waals surface area (Å²) < 4.78 is 16.2. The van der Waals surface area contributed by atoms with Crippen LogP contribution < -0.4 is 10.6 Å². The summed E-state index contributed by atoms with van der Waals surface area (Å²) in [5.41, 5.74) is 4.45. The van der Waals surface area contributed by atoms with Crippen molar-refractivity contribution < 1.29 is 28.6 Å². The lowest BCUT2D eigenvalue weighted by Crippen LogP contribution is -2.50. The first-order chi connectivity index (χ1) is 18.2. The normalized spacial score (nSPS) is 13.0. The number of nitrogens with one attached hydrogen (secondary N) is 2. The highest BCUT2D eigenvalue weighted by Gasteiger charge is 2.30. The second kappa shape index (κ2) is 11.8. The van der Waals surface area contributed by atoms with E-state index in [4.69, 9.17) is 14.2 Å². The summed E-state index contributed by atoms with van der Waals surface area (Å²) in [5, 5.41) is 5.05. The van der Waals surface area contributed by atoms with E-state index in [1.807, 2.05) is 66.7 Å². The number of esters is 1. The third-order valence-electron chi connectivity index (χ3n) is 5.99. The number of alkyl carbamates (subject to hydrolysis) is 2. The van der Waals surface area contributed by atoms with Crippen LogP contribution in [0.2, 0.25) is 0 Å². The molecule has 0 spiro atoms. The van der Waals surface area contributed by atoms with Gasteiger partial charge in [0.1, 0.15) is 24.9 Å². The summed E-state index contributed by atoms with van der Waals surface area (Å²) in [4.78, 5) is 37.8. The van der Waals surface area contributed by atoms with Crippen molar-refractivity contribution in [3.05, 3.63) is 95.6 Å². The maximum atomic E-state index is 12.9. The van der Waals surface area contributed by atoms with Crippen LogP contribution in [0.3, 0.4) is 0 Å². The second-order valence-electron chi connectivity index (χ2n) is 10.00. The van der Waals surface area contributed by atoms with E-state index in [0.29, 0.717) is 0 Å². The lowest BCUT2D eigenvalue weighted by molar-refractivity contribution is -0.147. The number of hydrogen-bond donors (Lipinski definition) is 2. The van der Waals surface area contributed by atoms with E-state index < -0.39 is 29.8 Å². The van der Waals surface area contributed by atoms with E-state index in [2.05, 4.69) is 22.8 Å². The van der Waals surface area contributed by atoms with Crippen molar-refractivity contribution in [3.8, 4) is 11.1 Å². The molecule has 3 aromatic carbocycles. The van der Waals surface area contributed by atoms with Gasteiger partial charge in [-0.1, -0.05) is 78.9 Å². The van der Waals surface area contributed by atoms with Crippen LogP contribution >= 0.6 is 0 Å². The van der Waals surface area contributed by atoms with Crippen LogP contribution in [0.5, 0.6) is 0 Å². The molecule has 8 heteroatoms. The van der Waals surface area contributed by atoms with E-state index in [-0.39, 0.29) is 25.7 Å². The zero-order valence-corrected chi connectivity index (χ0v) is 21.7. The van der Waals surface area contributed by atoms with Crippen molar-refractivity contribution in [2.75, 3.05) is 13.2 Å². The fourth-order valence-electron chi connectivity index (χ4n) is 4.30. The fourth-order valence-corrected chi connectivity index (χ4v) is 4.30. The maximum Gasteiger partial charge on any atom is 0.407 e. The number of carbonyl (C=O) groups excluding carboxylic acids is 3. The molecular formula is C30H32N2O6. The molecule has 1 aliphatic rings. The number of benzene rings is 3. The molecule has 8 nitrogen and oxygen atoms in total. The summed E-state index contributed by atoms with van der Waals surface area (Å²) in [6, 6.07) is 24.0. The molecular weight excluding hydrogens is 484 g/mol. The van der Waals surface area contributed by atoms with Gasteiger partial charge in [0.25, 0.3) is 0 Å². The van der Waals surface area contributed by atoms with Crippen LogP contribution in [0.4, 0.5) is 9.59 Å². The highest BCUT2D eigenvalue weighted by molar-refractivity contribution is 5.83. The van der Waals surface area contributed by atoms with Gasteiger partial charge in [0.05, 0.1) is 6.54 Å². The molecule has 1 atom stereocenters. The first-order valence-corrected chi connectivity index (χ1v) is 12.5. The number of hydrogen-bond acceptors (Lipinski definition) is 6. The molecule has 1 aliphatic carbocycles. The third-order valence-corrected chi connectivity index (χ3v) is 5.99. The van der Waals surface area contributed by atoms with E-state index in [1.165, 1.54) is 0 Å². The Morgan fingerprint density at radius 2 is 1.37 bits per heavy atom. The largest absolute Gasteiger partial charge is 0.459 e. The van der Waals surface area contributed by atoms with Crippen LogP contribution in [-0.4, -0.2) is 43.0 Å². The quantitative estimate of drug-likeness (QED) is 0.317. The van der Waals surface area contributed by atoms with Gasteiger partial charge in [0.2, 0.25) is 0 Å². The first kappa shape index (κ1) is 26.7. The Hall–Kier alpha value is -4.33. The minimum atomic E-state index is -1.18. The number of ether oxygens (including phenoxy) is 3. The van der Waals surface area contributed by atoms with Crippen molar-refractivity contribution in [3.63, 3.8) is 0 Å². The van der Waals surface area contributed by atoms with E-state index >= 15 is 0 Å². The van der Waals surface area contributed by atoms with Gasteiger partial charge in [-0.05, 0) is 48.6 Å². The zero-order valence-electron chi connectivity index (χ0n) is 21.7. The molecule has 0 aromatic heterocycles. The Labute approximate surface area is 222 Å². The maximum absolute atomic E-state index is 12.9. The molecule has 2 amide bonds. The van der Waals surface area contributed by atoms with Crippen molar-refractivity contribution in [2.45, 2.75) is 44.9 Å². The van der Waals surface area contributed by atoms with Crippen molar-refractivity contribution in [2.24, 2.45) is 0 Å². The monoisotopic (exact) mass is 516 g/mol. The van der Waals surface area contributed by atoms with Gasteiger partial charge < -0.3 is 24.8 Å². The van der Waals surface area contributed by atoms with Gasteiger partial charge >= 0.3 is 18.2 Å². The van der Waals surface area contributed by atoms with Crippen molar-refractivity contribution >= 4 is 18.2 Å². The van der Waals surface area contributed by atoms with Gasteiger partial charge in [0.15, 0.2) is 0 Å². The molecule has 0 saturated heterocycles. The zero-order chi connectivity index (χ0) is 27.1. The SMILES string of the molecule is CC(C)(C)OC(=O)NC[C@H](NC(=O)OCC1c2ccccc2-c2ccccc21)C(=O)OCc1ccccc1. The molecule has 0 radical (unpaired) electrons. The number of fused-ring (bicyclic) bond motifs is 3. The van der Waals surface area contributed by atoms with Gasteiger partial charge in [0, 0.05) is 5.92 Å². The lowest BCUT2D eigenvalue weighted by atomic mass is 9.98. The van der Waals surface area contributed by atoms with Gasteiger partial charge in [-0.15, -0.1) is 0 Å². The Balaban J connectivity index is 1.40. The predicted octanol–water partition coefficient (Wildman–Crippen LogP) is 5.16. The Bertz CT molecular complexity index is 1240. The van der Waals surface area contributed by atoms with Crippen molar-refractivity contribution in [1.29, 1.82) is 0 Å². The summed E-state index contributed by atoms with van der Waals surface area (Å²) in [5.74, 6) is -0.838. The first-order valence-electron chi connectivity index (χ1n) is 12.5. The van der Waals surface area contributed by atoms with Crippen LogP contribution in [0, 0.1) is 0 Å².